The smallest absolute Gasteiger partial charge is 0.271 e. The zero-order valence-electron chi connectivity index (χ0n) is 15.9. The summed E-state index contributed by atoms with van der Waals surface area (Å²) in [4.78, 5) is 36.9. The van der Waals surface area contributed by atoms with E-state index in [4.69, 9.17) is 10.5 Å². The summed E-state index contributed by atoms with van der Waals surface area (Å²) in [5.74, 6) is 0.457. The van der Waals surface area contributed by atoms with Crippen molar-refractivity contribution in [2.24, 2.45) is 17.6 Å². The SMILES string of the molecule is Cl.NC1CC2CCCC(C1)C2NC(=O)CN1C(=O)COc2ccc([N+](=O)[O-])cc21. The minimum Gasteiger partial charge on any atom is -0.482 e. The summed E-state index contributed by atoms with van der Waals surface area (Å²) in [5.41, 5.74) is 6.24. The Morgan fingerprint density at radius 1 is 1.31 bits per heavy atom. The lowest BCUT2D eigenvalue weighted by molar-refractivity contribution is -0.384. The molecule has 158 valence electrons. The van der Waals surface area contributed by atoms with E-state index >= 15 is 0 Å². The molecule has 1 aromatic rings. The highest BCUT2D eigenvalue weighted by molar-refractivity contribution is 6.02. The van der Waals surface area contributed by atoms with Crippen LogP contribution in [0.5, 0.6) is 5.75 Å². The number of nitrogens with one attached hydrogen (secondary N) is 1. The number of non-ortho nitro benzene ring substituents is 1. The molecule has 0 saturated heterocycles. The van der Waals surface area contributed by atoms with Crippen LogP contribution in [0.4, 0.5) is 11.4 Å². The third-order valence-corrected chi connectivity index (χ3v) is 6.10. The number of nitro benzene ring substituents is 1. The van der Waals surface area contributed by atoms with Crippen LogP contribution in [-0.4, -0.2) is 42.0 Å². The van der Waals surface area contributed by atoms with E-state index in [-0.39, 0.29) is 54.9 Å². The second kappa shape index (κ2) is 8.54. The van der Waals surface area contributed by atoms with Crippen molar-refractivity contribution in [2.75, 3.05) is 18.1 Å². The topological polar surface area (TPSA) is 128 Å². The quantitative estimate of drug-likeness (QED) is 0.560. The Hall–Kier alpha value is -2.39. The molecule has 2 aliphatic carbocycles. The minimum absolute atomic E-state index is 0. The number of anilines is 1. The van der Waals surface area contributed by atoms with E-state index < -0.39 is 10.8 Å². The molecule has 4 rings (SSSR count). The number of nitrogens with two attached hydrogens (primary N) is 1. The maximum Gasteiger partial charge on any atom is 0.271 e. The number of ether oxygens (including phenoxy) is 1. The van der Waals surface area contributed by atoms with Gasteiger partial charge in [-0.2, -0.15) is 0 Å². The summed E-state index contributed by atoms with van der Waals surface area (Å²) < 4.78 is 5.35. The van der Waals surface area contributed by atoms with Gasteiger partial charge in [-0.25, -0.2) is 0 Å². The van der Waals surface area contributed by atoms with Gasteiger partial charge in [0, 0.05) is 24.2 Å². The van der Waals surface area contributed by atoms with Crippen LogP contribution in [0.2, 0.25) is 0 Å². The highest BCUT2D eigenvalue weighted by Gasteiger charge is 2.40. The normalized spacial score (nSPS) is 27.9. The van der Waals surface area contributed by atoms with E-state index in [9.17, 15) is 19.7 Å². The molecule has 0 radical (unpaired) electrons. The fourth-order valence-corrected chi connectivity index (χ4v) is 4.88. The number of hydrogen-bond acceptors (Lipinski definition) is 6. The average molecular weight is 425 g/mol. The third kappa shape index (κ3) is 4.30. The highest BCUT2D eigenvalue weighted by Crippen LogP contribution is 2.40. The molecule has 0 spiro atoms. The van der Waals surface area contributed by atoms with Gasteiger partial charge in [0.1, 0.15) is 12.3 Å². The minimum atomic E-state index is -0.538. The molecule has 2 unspecified atom stereocenters. The molecule has 10 heteroatoms. The monoisotopic (exact) mass is 424 g/mol. The summed E-state index contributed by atoms with van der Waals surface area (Å²) in [6.45, 7) is -0.375. The third-order valence-electron chi connectivity index (χ3n) is 6.10. The number of nitrogens with zero attached hydrogens (tertiary/aromatic N) is 2. The van der Waals surface area contributed by atoms with E-state index in [1.807, 2.05) is 0 Å². The summed E-state index contributed by atoms with van der Waals surface area (Å²) >= 11 is 0. The number of amides is 2. The summed E-state index contributed by atoms with van der Waals surface area (Å²) in [6.07, 6.45) is 5.09. The van der Waals surface area contributed by atoms with Crippen LogP contribution >= 0.6 is 12.4 Å². The van der Waals surface area contributed by atoms with E-state index in [0.29, 0.717) is 17.6 Å². The first-order valence-electron chi connectivity index (χ1n) is 9.69. The molecule has 2 amide bonds. The molecule has 3 aliphatic rings. The molecule has 2 fully saturated rings. The summed E-state index contributed by atoms with van der Waals surface area (Å²) in [7, 11) is 0. The van der Waals surface area contributed by atoms with Crippen LogP contribution in [0, 0.1) is 22.0 Å². The number of halogens is 1. The fraction of sp³-hybridized carbons (Fsp3) is 0.579. The van der Waals surface area contributed by atoms with Gasteiger partial charge in [0.25, 0.3) is 11.6 Å². The molecular weight excluding hydrogens is 400 g/mol. The van der Waals surface area contributed by atoms with Crippen molar-refractivity contribution in [2.45, 2.75) is 44.2 Å². The average Bonchev–Trinajstić information content (AvgIpc) is 2.64. The molecule has 1 aliphatic heterocycles. The van der Waals surface area contributed by atoms with Gasteiger partial charge < -0.3 is 15.8 Å². The van der Waals surface area contributed by atoms with Crippen LogP contribution in [0.25, 0.3) is 0 Å². The number of fused-ring (bicyclic) bond motifs is 3. The van der Waals surface area contributed by atoms with Gasteiger partial charge in [-0.15, -0.1) is 12.4 Å². The molecule has 2 saturated carbocycles. The van der Waals surface area contributed by atoms with E-state index in [1.165, 1.54) is 23.1 Å². The number of carbonyl (C=O) groups is 2. The number of rotatable bonds is 4. The maximum atomic E-state index is 12.8. The van der Waals surface area contributed by atoms with E-state index in [0.717, 1.165) is 32.1 Å². The van der Waals surface area contributed by atoms with E-state index in [2.05, 4.69) is 5.32 Å². The van der Waals surface area contributed by atoms with Gasteiger partial charge in [-0.05, 0) is 43.6 Å². The second-order valence-corrected chi connectivity index (χ2v) is 7.95. The highest BCUT2D eigenvalue weighted by atomic mass is 35.5. The Morgan fingerprint density at radius 3 is 2.66 bits per heavy atom. The first-order chi connectivity index (χ1) is 13.4. The predicted octanol–water partition coefficient (Wildman–Crippen LogP) is 1.76. The standard InChI is InChI=1S/C19H24N4O5.ClH/c20-13-6-11-2-1-3-12(7-13)19(11)21-17(24)9-22-15-8-14(23(26)27)4-5-16(15)28-10-18(22)25;/h4-5,8,11-13,19H,1-3,6-7,9-10,20H2,(H,21,24);1H. The van der Waals surface area contributed by atoms with Gasteiger partial charge >= 0.3 is 0 Å². The molecular formula is C19H25ClN4O5. The van der Waals surface area contributed by atoms with Gasteiger partial charge in [-0.3, -0.25) is 24.6 Å². The molecule has 3 N–H and O–H groups in total. The molecule has 2 bridgehead atoms. The maximum absolute atomic E-state index is 12.8. The molecule has 0 aromatic heterocycles. The Kier molecular flexibility index (Phi) is 6.28. The first-order valence-corrected chi connectivity index (χ1v) is 9.69. The second-order valence-electron chi connectivity index (χ2n) is 7.95. The van der Waals surface area contributed by atoms with Crippen molar-refractivity contribution in [1.82, 2.24) is 5.32 Å². The zero-order valence-corrected chi connectivity index (χ0v) is 16.7. The Morgan fingerprint density at radius 2 is 2.00 bits per heavy atom. The predicted molar refractivity (Wildman–Crippen MR) is 108 cm³/mol. The van der Waals surface area contributed by atoms with Crippen LogP contribution in [-0.2, 0) is 9.59 Å². The number of benzene rings is 1. The number of nitro groups is 1. The lowest BCUT2D eigenvalue weighted by Gasteiger charge is -2.45. The first kappa shape index (κ1) is 21.3. The Balaban J connectivity index is 0.00000240. The van der Waals surface area contributed by atoms with Crippen molar-refractivity contribution in [1.29, 1.82) is 0 Å². The molecule has 9 nitrogen and oxygen atoms in total. The largest absolute Gasteiger partial charge is 0.482 e. The van der Waals surface area contributed by atoms with Crippen molar-refractivity contribution < 1.29 is 19.2 Å². The van der Waals surface area contributed by atoms with Crippen molar-refractivity contribution in [3.8, 4) is 5.75 Å². The van der Waals surface area contributed by atoms with Crippen LogP contribution in [0.15, 0.2) is 18.2 Å². The van der Waals surface area contributed by atoms with Crippen LogP contribution in [0.1, 0.15) is 32.1 Å². The summed E-state index contributed by atoms with van der Waals surface area (Å²) in [5, 5.41) is 14.2. The van der Waals surface area contributed by atoms with Gasteiger partial charge in [-0.1, -0.05) is 6.42 Å². The molecule has 2 atom stereocenters. The fourth-order valence-electron chi connectivity index (χ4n) is 4.88. The van der Waals surface area contributed by atoms with Gasteiger partial charge in [0.2, 0.25) is 5.91 Å². The van der Waals surface area contributed by atoms with Crippen molar-refractivity contribution in [3.63, 3.8) is 0 Å². The van der Waals surface area contributed by atoms with Crippen LogP contribution in [0.3, 0.4) is 0 Å². The van der Waals surface area contributed by atoms with Crippen molar-refractivity contribution in [3.05, 3.63) is 28.3 Å². The molecule has 29 heavy (non-hydrogen) atoms. The van der Waals surface area contributed by atoms with Crippen molar-refractivity contribution >= 4 is 35.6 Å². The van der Waals surface area contributed by atoms with Gasteiger partial charge in [0.15, 0.2) is 6.61 Å². The lowest BCUT2D eigenvalue weighted by Crippen LogP contribution is -2.56. The molecule has 1 heterocycles. The lowest BCUT2D eigenvalue weighted by atomic mass is 9.67. The van der Waals surface area contributed by atoms with Gasteiger partial charge in [0.05, 0.1) is 10.6 Å². The van der Waals surface area contributed by atoms with E-state index in [1.54, 1.807) is 0 Å². The molecule has 1 aromatic carbocycles. The Bertz CT molecular complexity index is 806. The summed E-state index contributed by atoms with van der Waals surface area (Å²) in [6, 6.07) is 4.32. The van der Waals surface area contributed by atoms with Crippen LogP contribution < -0.4 is 20.7 Å². The number of hydrogen-bond donors (Lipinski definition) is 2. The zero-order chi connectivity index (χ0) is 19.8. The Labute approximate surface area is 174 Å². The number of carbonyl (C=O) groups excluding carboxylic acids is 2.